The van der Waals surface area contributed by atoms with Gasteiger partial charge in [-0.25, -0.2) is 4.39 Å². The third-order valence-electron chi connectivity index (χ3n) is 4.89. The number of carbonyl (C=O) groups excluding carboxylic acids is 2. The molecule has 0 spiro atoms. The van der Waals surface area contributed by atoms with E-state index in [0.717, 1.165) is 5.56 Å². The Bertz CT molecular complexity index is 825. The van der Waals surface area contributed by atoms with Crippen LogP contribution in [0.5, 0.6) is 0 Å². The molecule has 0 fully saturated rings. The van der Waals surface area contributed by atoms with Crippen molar-refractivity contribution in [2.24, 2.45) is 0 Å². The van der Waals surface area contributed by atoms with Gasteiger partial charge in [0, 0.05) is 33.1 Å². The van der Waals surface area contributed by atoms with E-state index < -0.39 is 5.82 Å². The summed E-state index contributed by atoms with van der Waals surface area (Å²) in [5.74, 6) is -0.511. The lowest BCUT2D eigenvalue weighted by molar-refractivity contribution is -0.130. The minimum atomic E-state index is -0.402. The molecule has 0 radical (unpaired) electrons. The second-order valence-corrected chi connectivity index (χ2v) is 6.65. The van der Waals surface area contributed by atoms with Gasteiger partial charge in [-0.1, -0.05) is 30.3 Å². The van der Waals surface area contributed by atoms with Crippen LogP contribution in [0.3, 0.4) is 0 Å². The molecule has 0 bridgehead atoms. The summed E-state index contributed by atoms with van der Waals surface area (Å²) < 4.78 is 13.7. The Morgan fingerprint density at radius 2 is 1.89 bits per heavy atom. The smallest absolute Gasteiger partial charge is 0.242 e. The topological polar surface area (TPSA) is 43.9 Å². The van der Waals surface area contributed by atoms with Crippen LogP contribution in [0.25, 0.3) is 0 Å². The van der Waals surface area contributed by atoms with E-state index in [1.54, 1.807) is 18.0 Å². The summed E-state index contributed by atoms with van der Waals surface area (Å²) in [5.41, 5.74) is 2.27. The maximum Gasteiger partial charge on any atom is 0.242 e. The molecule has 0 saturated heterocycles. The zero-order valence-electron chi connectivity index (χ0n) is 15.7. The maximum atomic E-state index is 13.7. The van der Waals surface area contributed by atoms with Gasteiger partial charge in [0.1, 0.15) is 5.82 Å². The number of hydrogen-bond acceptors (Lipinski definition) is 3. The van der Waals surface area contributed by atoms with Gasteiger partial charge < -0.3 is 14.7 Å². The van der Waals surface area contributed by atoms with Crippen LogP contribution in [0.1, 0.15) is 18.9 Å². The summed E-state index contributed by atoms with van der Waals surface area (Å²) in [4.78, 5) is 30.3. The third kappa shape index (κ3) is 4.27. The second kappa shape index (κ2) is 8.20. The number of amides is 2. The molecule has 27 heavy (non-hydrogen) atoms. The van der Waals surface area contributed by atoms with Gasteiger partial charge in [0.25, 0.3) is 0 Å². The first-order chi connectivity index (χ1) is 13.0. The van der Waals surface area contributed by atoms with Crippen molar-refractivity contribution < 1.29 is 14.0 Å². The zero-order chi connectivity index (χ0) is 19.4. The first kappa shape index (κ1) is 18.9. The fourth-order valence-corrected chi connectivity index (χ4v) is 3.29. The van der Waals surface area contributed by atoms with Crippen molar-refractivity contribution in [3.05, 3.63) is 59.9 Å². The molecule has 0 unspecified atom stereocenters. The average molecular weight is 369 g/mol. The number of anilines is 2. The van der Waals surface area contributed by atoms with Crippen molar-refractivity contribution in [3.8, 4) is 0 Å². The lowest BCUT2D eigenvalue weighted by atomic mass is 10.2. The number of hydrogen-bond donors (Lipinski definition) is 0. The largest absolute Gasteiger partial charge is 0.360 e. The Morgan fingerprint density at radius 1 is 1.15 bits per heavy atom. The van der Waals surface area contributed by atoms with Crippen LogP contribution in [0.4, 0.5) is 15.8 Å². The Balaban J connectivity index is 1.80. The van der Waals surface area contributed by atoms with E-state index in [4.69, 9.17) is 0 Å². The summed E-state index contributed by atoms with van der Waals surface area (Å²) in [7, 11) is 1.64. The number of likely N-dealkylation sites (N-methyl/N-ethyl adjacent to an activating group) is 1. The SMILES string of the molecule is CCN(Cc1ccccc1)C(=O)CN1CCC(=O)N(C)c2cc(F)ccc21. The van der Waals surface area contributed by atoms with Crippen molar-refractivity contribution in [3.63, 3.8) is 0 Å². The molecule has 3 rings (SSSR count). The summed E-state index contributed by atoms with van der Waals surface area (Å²) in [6.45, 7) is 3.66. The number of nitrogens with zero attached hydrogens (tertiary/aromatic N) is 3. The van der Waals surface area contributed by atoms with Gasteiger partial charge in [-0.05, 0) is 30.7 Å². The molecule has 0 saturated carbocycles. The van der Waals surface area contributed by atoms with Crippen molar-refractivity contribution in [1.82, 2.24) is 4.90 Å². The van der Waals surface area contributed by atoms with Crippen LogP contribution in [0, 0.1) is 5.82 Å². The van der Waals surface area contributed by atoms with Gasteiger partial charge in [-0.15, -0.1) is 0 Å². The predicted octanol–water partition coefficient (Wildman–Crippen LogP) is 3.05. The fourth-order valence-electron chi connectivity index (χ4n) is 3.29. The lowest BCUT2D eigenvalue weighted by Gasteiger charge is -2.28. The van der Waals surface area contributed by atoms with Gasteiger partial charge in [-0.3, -0.25) is 9.59 Å². The minimum Gasteiger partial charge on any atom is -0.360 e. The van der Waals surface area contributed by atoms with Gasteiger partial charge in [0.2, 0.25) is 11.8 Å². The van der Waals surface area contributed by atoms with Crippen molar-refractivity contribution >= 4 is 23.2 Å². The highest BCUT2D eigenvalue weighted by Crippen LogP contribution is 2.32. The van der Waals surface area contributed by atoms with Crippen LogP contribution in [-0.2, 0) is 16.1 Å². The van der Waals surface area contributed by atoms with Crippen LogP contribution in [-0.4, -0.2) is 43.4 Å². The van der Waals surface area contributed by atoms with E-state index in [-0.39, 0.29) is 24.8 Å². The summed E-state index contributed by atoms with van der Waals surface area (Å²) in [5, 5.41) is 0. The molecule has 5 nitrogen and oxygen atoms in total. The van der Waals surface area contributed by atoms with Gasteiger partial charge in [-0.2, -0.15) is 0 Å². The number of rotatable bonds is 5. The van der Waals surface area contributed by atoms with Crippen molar-refractivity contribution in [2.75, 3.05) is 36.5 Å². The van der Waals surface area contributed by atoms with E-state index in [9.17, 15) is 14.0 Å². The van der Waals surface area contributed by atoms with Crippen LogP contribution in [0.15, 0.2) is 48.5 Å². The van der Waals surface area contributed by atoms with Gasteiger partial charge in [0.05, 0.1) is 17.9 Å². The molecular formula is C21H24FN3O2. The molecule has 1 aliphatic rings. The van der Waals surface area contributed by atoms with Crippen LogP contribution >= 0.6 is 0 Å². The molecule has 0 aliphatic carbocycles. The highest BCUT2D eigenvalue weighted by atomic mass is 19.1. The highest BCUT2D eigenvalue weighted by molar-refractivity contribution is 5.99. The molecule has 2 aromatic rings. The Labute approximate surface area is 159 Å². The van der Waals surface area contributed by atoms with Crippen LogP contribution in [0.2, 0.25) is 0 Å². The summed E-state index contributed by atoms with van der Waals surface area (Å²) in [6.07, 6.45) is 0.283. The summed E-state index contributed by atoms with van der Waals surface area (Å²) >= 11 is 0. The Morgan fingerprint density at radius 3 is 2.59 bits per heavy atom. The zero-order valence-corrected chi connectivity index (χ0v) is 15.7. The Hall–Kier alpha value is -2.89. The lowest BCUT2D eigenvalue weighted by Crippen LogP contribution is -2.40. The minimum absolute atomic E-state index is 0.0198. The van der Waals surface area contributed by atoms with Crippen molar-refractivity contribution in [1.29, 1.82) is 0 Å². The number of carbonyl (C=O) groups is 2. The molecule has 1 heterocycles. The van der Waals surface area contributed by atoms with E-state index in [1.807, 2.05) is 42.2 Å². The van der Waals surface area contributed by atoms with E-state index >= 15 is 0 Å². The fraction of sp³-hybridized carbons (Fsp3) is 0.333. The average Bonchev–Trinajstić information content (AvgIpc) is 2.79. The van der Waals surface area contributed by atoms with Gasteiger partial charge >= 0.3 is 0 Å². The molecule has 142 valence electrons. The Kier molecular flexibility index (Phi) is 5.74. The molecule has 0 N–H and O–H groups in total. The molecular weight excluding hydrogens is 345 g/mol. The van der Waals surface area contributed by atoms with Gasteiger partial charge in [0.15, 0.2) is 0 Å². The highest BCUT2D eigenvalue weighted by Gasteiger charge is 2.26. The predicted molar refractivity (Wildman–Crippen MR) is 104 cm³/mol. The van der Waals surface area contributed by atoms with E-state index in [2.05, 4.69) is 0 Å². The van der Waals surface area contributed by atoms with Crippen LogP contribution < -0.4 is 9.80 Å². The van der Waals surface area contributed by atoms with E-state index in [0.29, 0.717) is 31.0 Å². The molecule has 0 aromatic heterocycles. The monoisotopic (exact) mass is 369 g/mol. The third-order valence-corrected chi connectivity index (χ3v) is 4.89. The number of fused-ring (bicyclic) bond motifs is 1. The first-order valence-corrected chi connectivity index (χ1v) is 9.12. The normalized spacial score (nSPS) is 14.0. The second-order valence-electron chi connectivity index (χ2n) is 6.65. The van der Waals surface area contributed by atoms with Crippen molar-refractivity contribution in [2.45, 2.75) is 19.9 Å². The number of benzene rings is 2. The number of halogens is 1. The quantitative estimate of drug-likeness (QED) is 0.814. The van der Waals surface area contributed by atoms with E-state index in [1.165, 1.54) is 17.0 Å². The first-order valence-electron chi connectivity index (χ1n) is 9.12. The molecule has 1 aliphatic heterocycles. The maximum absolute atomic E-state index is 13.7. The standard InChI is InChI=1S/C21H24FN3O2/c1-3-24(14-16-7-5-4-6-8-16)21(27)15-25-12-11-20(26)23(2)19-13-17(22)9-10-18(19)25/h4-10,13H,3,11-12,14-15H2,1-2H3. The molecule has 2 amide bonds. The molecule has 6 heteroatoms. The molecule has 2 aromatic carbocycles. The molecule has 0 atom stereocenters. The summed E-state index contributed by atoms with van der Waals surface area (Å²) in [6, 6.07) is 14.2.